The average molecular weight is 320 g/mol. The van der Waals surface area contributed by atoms with E-state index in [0.29, 0.717) is 5.76 Å². The van der Waals surface area contributed by atoms with E-state index in [1.807, 2.05) is 0 Å². The van der Waals surface area contributed by atoms with Crippen molar-refractivity contribution in [1.82, 2.24) is 0 Å². The van der Waals surface area contributed by atoms with Gasteiger partial charge in [-0.2, -0.15) is 0 Å². The minimum absolute atomic E-state index is 0.402. The monoisotopic (exact) mass is 320 g/mol. The summed E-state index contributed by atoms with van der Waals surface area (Å²) in [7, 11) is 0. The Morgan fingerprint density at radius 3 is 1.87 bits per heavy atom. The molecule has 23 heavy (non-hydrogen) atoms. The van der Waals surface area contributed by atoms with E-state index in [2.05, 4.69) is 6.92 Å². The second-order valence-corrected chi connectivity index (χ2v) is 5.70. The number of aliphatic hydroxyl groups excluding tert-OH is 1. The largest absolute Gasteiger partial charge is 0.512 e. The van der Waals surface area contributed by atoms with Gasteiger partial charge < -0.3 is 10.2 Å². The van der Waals surface area contributed by atoms with Gasteiger partial charge in [-0.3, -0.25) is 0 Å². The molecule has 0 unspecified atom stereocenters. The van der Waals surface area contributed by atoms with Crippen LogP contribution in [0.4, 0.5) is 0 Å². The molecule has 2 N–H and O–H groups in total. The number of hydrogen-bond donors (Lipinski definition) is 2. The Morgan fingerprint density at radius 1 is 0.739 bits per heavy atom. The first-order valence-corrected chi connectivity index (χ1v) is 8.79. The van der Waals surface area contributed by atoms with Crippen molar-refractivity contribution in [2.45, 2.75) is 71.1 Å². The van der Waals surface area contributed by atoms with Crippen LogP contribution in [0.5, 0.6) is 0 Å². The standard InChI is InChI=1S/C20H32O3/c1-2-3-4-5-6-7-8-10-13-16-19(21)17-14-11-9-12-15-18-20(22)23/h9,11-12,14-15,17-18,21H,2-8,10,13,16H2,1H3,(H,22,23)/b12-9+,14-11+,18-15+,19-17+. The van der Waals surface area contributed by atoms with Crippen LogP contribution in [-0.4, -0.2) is 16.2 Å². The molecule has 0 atom stereocenters. The summed E-state index contributed by atoms with van der Waals surface area (Å²) in [5.74, 6) is -0.559. The van der Waals surface area contributed by atoms with Gasteiger partial charge in [0, 0.05) is 12.5 Å². The number of unbranched alkanes of at least 4 members (excludes halogenated alkanes) is 8. The van der Waals surface area contributed by atoms with Crippen LogP contribution in [-0.2, 0) is 4.79 Å². The fourth-order valence-corrected chi connectivity index (χ4v) is 2.20. The Hall–Kier alpha value is -1.77. The van der Waals surface area contributed by atoms with Crippen molar-refractivity contribution in [2.24, 2.45) is 0 Å². The highest BCUT2D eigenvalue weighted by Gasteiger charge is 1.94. The first-order chi connectivity index (χ1) is 11.2. The van der Waals surface area contributed by atoms with Crippen LogP contribution < -0.4 is 0 Å². The van der Waals surface area contributed by atoms with E-state index < -0.39 is 5.97 Å². The van der Waals surface area contributed by atoms with Crippen molar-refractivity contribution in [3.8, 4) is 0 Å². The maximum Gasteiger partial charge on any atom is 0.328 e. The highest BCUT2D eigenvalue weighted by molar-refractivity contribution is 5.80. The number of carboxylic acids is 1. The van der Waals surface area contributed by atoms with Crippen LogP contribution in [0.1, 0.15) is 71.1 Å². The molecule has 0 bridgehead atoms. The molecule has 3 nitrogen and oxygen atoms in total. The summed E-state index contributed by atoms with van der Waals surface area (Å²) >= 11 is 0. The lowest BCUT2D eigenvalue weighted by atomic mass is 10.1. The van der Waals surface area contributed by atoms with Crippen LogP contribution in [0.15, 0.2) is 48.3 Å². The Labute approximate surface area is 141 Å². The third kappa shape index (κ3) is 18.2. The number of aliphatic carboxylic acids is 1. The molecule has 0 aromatic heterocycles. The van der Waals surface area contributed by atoms with Crippen molar-refractivity contribution < 1.29 is 15.0 Å². The average Bonchev–Trinajstić information content (AvgIpc) is 2.52. The summed E-state index contributed by atoms with van der Waals surface area (Å²) in [6.45, 7) is 2.24. The second-order valence-electron chi connectivity index (χ2n) is 5.70. The van der Waals surface area contributed by atoms with E-state index in [0.717, 1.165) is 18.9 Å². The number of hydrogen-bond acceptors (Lipinski definition) is 2. The van der Waals surface area contributed by atoms with Crippen LogP contribution in [0.25, 0.3) is 0 Å². The predicted octanol–water partition coefficient (Wildman–Crippen LogP) is 6.10. The molecular formula is C20H32O3. The van der Waals surface area contributed by atoms with Crippen molar-refractivity contribution in [3.63, 3.8) is 0 Å². The SMILES string of the molecule is CCCCCCCCCCC\C(O)=C/C=C/C=C/C=C/C(=O)O. The summed E-state index contributed by atoms with van der Waals surface area (Å²) in [6, 6.07) is 0. The van der Waals surface area contributed by atoms with Crippen molar-refractivity contribution in [1.29, 1.82) is 0 Å². The first-order valence-electron chi connectivity index (χ1n) is 8.79. The van der Waals surface area contributed by atoms with E-state index in [9.17, 15) is 9.90 Å². The molecule has 0 spiro atoms. The van der Waals surface area contributed by atoms with Gasteiger partial charge in [-0.05, 0) is 12.5 Å². The minimum atomic E-state index is -0.961. The summed E-state index contributed by atoms with van der Waals surface area (Å²) in [6.07, 6.45) is 23.3. The number of allylic oxidation sites excluding steroid dienone is 7. The van der Waals surface area contributed by atoms with Gasteiger partial charge in [-0.25, -0.2) is 4.79 Å². The fraction of sp³-hybridized carbons (Fsp3) is 0.550. The normalized spacial score (nSPS) is 12.8. The maximum absolute atomic E-state index is 10.2. The van der Waals surface area contributed by atoms with Crippen molar-refractivity contribution >= 4 is 5.97 Å². The Kier molecular flexibility index (Phi) is 15.3. The summed E-state index contributed by atoms with van der Waals surface area (Å²) in [5.41, 5.74) is 0. The van der Waals surface area contributed by atoms with E-state index in [1.54, 1.807) is 30.4 Å². The van der Waals surface area contributed by atoms with Crippen LogP contribution in [0.2, 0.25) is 0 Å². The van der Waals surface area contributed by atoms with Gasteiger partial charge in [0.05, 0.1) is 5.76 Å². The topological polar surface area (TPSA) is 57.5 Å². The van der Waals surface area contributed by atoms with Gasteiger partial charge in [0.15, 0.2) is 0 Å². The highest BCUT2D eigenvalue weighted by Crippen LogP contribution is 2.12. The van der Waals surface area contributed by atoms with Crippen LogP contribution >= 0.6 is 0 Å². The Bertz CT molecular complexity index is 403. The molecule has 0 heterocycles. The molecule has 0 aliphatic heterocycles. The Morgan fingerprint density at radius 2 is 1.26 bits per heavy atom. The lowest BCUT2D eigenvalue weighted by Crippen LogP contribution is -1.84. The first kappa shape index (κ1) is 21.2. The third-order valence-corrected chi connectivity index (χ3v) is 3.51. The maximum atomic E-state index is 10.2. The summed E-state index contributed by atoms with van der Waals surface area (Å²) in [5, 5.41) is 18.1. The molecule has 130 valence electrons. The molecule has 0 saturated carbocycles. The van der Waals surface area contributed by atoms with Crippen LogP contribution in [0, 0.1) is 0 Å². The van der Waals surface area contributed by atoms with Crippen molar-refractivity contribution in [3.05, 3.63) is 48.3 Å². The third-order valence-electron chi connectivity index (χ3n) is 3.51. The minimum Gasteiger partial charge on any atom is -0.512 e. The molecule has 0 rings (SSSR count). The Balaban J connectivity index is 3.58. The van der Waals surface area contributed by atoms with E-state index >= 15 is 0 Å². The van der Waals surface area contributed by atoms with Gasteiger partial charge in [0.2, 0.25) is 0 Å². The quantitative estimate of drug-likeness (QED) is 0.176. The summed E-state index contributed by atoms with van der Waals surface area (Å²) < 4.78 is 0. The zero-order chi connectivity index (χ0) is 17.2. The number of aliphatic hydroxyl groups is 1. The van der Waals surface area contributed by atoms with E-state index in [4.69, 9.17) is 5.11 Å². The van der Waals surface area contributed by atoms with E-state index in [1.165, 1.54) is 57.4 Å². The molecule has 0 aromatic carbocycles. The summed E-state index contributed by atoms with van der Waals surface area (Å²) in [4.78, 5) is 10.2. The zero-order valence-corrected chi connectivity index (χ0v) is 14.4. The van der Waals surface area contributed by atoms with Crippen LogP contribution in [0.3, 0.4) is 0 Å². The predicted molar refractivity (Wildman–Crippen MR) is 97.6 cm³/mol. The molecule has 0 radical (unpaired) electrons. The molecule has 0 aromatic rings. The molecule has 0 aliphatic rings. The van der Waals surface area contributed by atoms with Gasteiger partial charge >= 0.3 is 5.97 Å². The van der Waals surface area contributed by atoms with Crippen molar-refractivity contribution in [2.75, 3.05) is 0 Å². The molecule has 0 saturated heterocycles. The zero-order valence-electron chi connectivity index (χ0n) is 14.4. The smallest absolute Gasteiger partial charge is 0.328 e. The molecule has 0 aliphatic carbocycles. The number of carboxylic acid groups (broad SMARTS) is 1. The van der Waals surface area contributed by atoms with Gasteiger partial charge in [-0.1, -0.05) is 88.7 Å². The second kappa shape index (κ2) is 16.6. The van der Waals surface area contributed by atoms with Gasteiger partial charge in [-0.15, -0.1) is 0 Å². The van der Waals surface area contributed by atoms with E-state index in [-0.39, 0.29) is 0 Å². The molecule has 0 amide bonds. The highest BCUT2D eigenvalue weighted by atomic mass is 16.4. The molecule has 0 fully saturated rings. The van der Waals surface area contributed by atoms with Gasteiger partial charge in [0.25, 0.3) is 0 Å². The van der Waals surface area contributed by atoms with Gasteiger partial charge in [0.1, 0.15) is 0 Å². The molecular weight excluding hydrogens is 288 g/mol. The lowest BCUT2D eigenvalue weighted by Gasteiger charge is -2.02. The lowest BCUT2D eigenvalue weighted by molar-refractivity contribution is -0.131. The number of rotatable bonds is 14. The number of carbonyl (C=O) groups is 1. The molecule has 3 heteroatoms. The fourth-order valence-electron chi connectivity index (χ4n) is 2.20.